The summed E-state index contributed by atoms with van der Waals surface area (Å²) in [5.74, 6) is -3.19. The molecule has 2 N–H and O–H groups in total. The topological polar surface area (TPSA) is 83.5 Å². The number of halogens is 2. The lowest BCUT2D eigenvalue weighted by molar-refractivity contribution is -0.137. The van der Waals surface area contributed by atoms with E-state index in [1.165, 1.54) is 0 Å². The molecular formula is C12H13F2NO4S. The van der Waals surface area contributed by atoms with Crippen molar-refractivity contribution < 1.29 is 27.1 Å². The number of carbonyl (C=O) groups is 1. The fourth-order valence-corrected chi connectivity index (χ4v) is 3.29. The van der Waals surface area contributed by atoms with Gasteiger partial charge < -0.3 is 5.11 Å². The minimum Gasteiger partial charge on any atom is -0.481 e. The van der Waals surface area contributed by atoms with Gasteiger partial charge in [-0.25, -0.2) is 21.9 Å². The number of sulfonamides is 1. The normalized spacial score (nSPS) is 16.9. The molecular weight excluding hydrogens is 292 g/mol. The van der Waals surface area contributed by atoms with Crippen molar-refractivity contribution >= 4 is 16.0 Å². The maximum atomic E-state index is 13.1. The molecule has 1 aliphatic carbocycles. The molecule has 0 aromatic heterocycles. The van der Waals surface area contributed by atoms with Crippen LogP contribution in [0.25, 0.3) is 0 Å². The molecule has 2 rings (SSSR count). The van der Waals surface area contributed by atoms with E-state index in [0.29, 0.717) is 18.2 Å². The highest BCUT2D eigenvalue weighted by Crippen LogP contribution is 2.34. The first kappa shape index (κ1) is 14.9. The summed E-state index contributed by atoms with van der Waals surface area (Å²) >= 11 is 0. The van der Waals surface area contributed by atoms with Crippen LogP contribution in [0.5, 0.6) is 0 Å². The summed E-state index contributed by atoms with van der Waals surface area (Å²) in [6, 6.07) is 1.19. The third-order valence-corrected chi connectivity index (χ3v) is 4.51. The van der Waals surface area contributed by atoms with Crippen molar-refractivity contribution in [2.45, 2.75) is 30.2 Å². The zero-order valence-electron chi connectivity index (χ0n) is 10.3. The Balaban J connectivity index is 2.22. The van der Waals surface area contributed by atoms with Gasteiger partial charge in [0.2, 0.25) is 10.0 Å². The van der Waals surface area contributed by atoms with Crippen LogP contribution in [0.15, 0.2) is 23.1 Å². The van der Waals surface area contributed by atoms with Crippen LogP contribution in [-0.2, 0) is 14.8 Å². The van der Waals surface area contributed by atoms with Gasteiger partial charge in [0.05, 0.1) is 11.3 Å². The molecule has 0 bridgehead atoms. The van der Waals surface area contributed by atoms with Crippen LogP contribution in [-0.4, -0.2) is 25.5 Å². The first-order valence-electron chi connectivity index (χ1n) is 5.98. The highest BCUT2D eigenvalue weighted by molar-refractivity contribution is 7.89. The Hall–Kier alpha value is -1.54. The molecule has 1 unspecified atom stereocenters. The van der Waals surface area contributed by atoms with Crippen molar-refractivity contribution in [1.29, 1.82) is 0 Å². The van der Waals surface area contributed by atoms with Gasteiger partial charge >= 0.3 is 5.97 Å². The van der Waals surface area contributed by atoms with Crippen molar-refractivity contribution in [2.24, 2.45) is 5.92 Å². The lowest BCUT2D eigenvalue weighted by atomic mass is 10.1. The molecule has 1 aliphatic rings. The van der Waals surface area contributed by atoms with Gasteiger partial charge in [-0.2, -0.15) is 0 Å². The maximum Gasteiger partial charge on any atom is 0.304 e. The zero-order valence-corrected chi connectivity index (χ0v) is 11.2. The van der Waals surface area contributed by atoms with Gasteiger partial charge in [0, 0.05) is 12.1 Å². The van der Waals surface area contributed by atoms with E-state index in [1.807, 2.05) is 0 Å². The van der Waals surface area contributed by atoms with Crippen LogP contribution in [0.3, 0.4) is 0 Å². The number of nitrogens with one attached hydrogen (secondary N) is 1. The average molecular weight is 305 g/mol. The molecule has 20 heavy (non-hydrogen) atoms. The van der Waals surface area contributed by atoms with Crippen LogP contribution in [0.1, 0.15) is 19.3 Å². The van der Waals surface area contributed by atoms with Crippen molar-refractivity contribution in [3.8, 4) is 0 Å². The van der Waals surface area contributed by atoms with Gasteiger partial charge in [-0.3, -0.25) is 4.79 Å². The SMILES string of the molecule is O=C(O)CC(NS(=O)(=O)c1cc(F)cc(F)c1)C1CC1. The number of carboxylic acids is 1. The molecule has 110 valence electrons. The third-order valence-electron chi connectivity index (χ3n) is 3.04. The van der Waals surface area contributed by atoms with Crippen molar-refractivity contribution in [3.63, 3.8) is 0 Å². The average Bonchev–Trinajstić information content (AvgIpc) is 3.09. The highest BCUT2D eigenvalue weighted by Gasteiger charge is 2.35. The molecule has 0 heterocycles. The van der Waals surface area contributed by atoms with Crippen LogP contribution in [0.4, 0.5) is 8.78 Å². The van der Waals surface area contributed by atoms with E-state index in [9.17, 15) is 22.0 Å². The first-order valence-corrected chi connectivity index (χ1v) is 7.46. The smallest absolute Gasteiger partial charge is 0.304 e. The second-order valence-electron chi connectivity index (χ2n) is 4.77. The summed E-state index contributed by atoms with van der Waals surface area (Å²) < 4.78 is 52.4. The van der Waals surface area contributed by atoms with Crippen molar-refractivity contribution in [2.75, 3.05) is 0 Å². The molecule has 0 amide bonds. The van der Waals surface area contributed by atoms with Gasteiger partial charge in [0.15, 0.2) is 0 Å². The standard InChI is InChI=1S/C12H13F2NO4S/c13-8-3-9(14)5-10(4-8)20(18,19)15-11(6-12(16)17)7-1-2-7/h3-5,7,11,15H,1-2,6H2,(H,16,17). The number of aliphatic carboxylic acids is 1. The van der Waals surface area contributed by atoms with E-state index < -0.39 is 38.6 Å². The number of rotatable bonds is 6. The van der Waals surface area contributed by atoms with E-state index in [1.54, 1.807) is 0 Å². The highest BCUT2D eigenvalue weighted by atomic mass is 32.2. The molecule has 1 aromatic carbocycles. The monoisotopic (exact) mass is 305 g/mol. The molecule has 0 radical (unpaired) electrons. The summed E-state index contributed by atoms with van der Waals surface area (Å²) in [6.45, 7) is 0. The van der Waals surface area contributed by atoms with E-state index >= 15 is 0 Å². The Kier molecular flexibility index (Phi) is 4.05. The summed E-state index contributed by atoms with van der Waals surface area (Å²) in [7, 11) is -4.15. The Morgan fingerprint density at radius 1 is 1.30 bits per heavy atom. The second-order valence-corrected chi connectivity index (χ2v) is 6.48. The number of hydrogen-bond donors (Lipinski definition) is 2. The Morgan fingerprint density at radius 2 is 1.85 bits per heavy atom. The number of hydrogen-bond acceptors (Lipinski definition) is 3. The van der Waals surface area contributed by atoms with Crippen molar-refractivity contribution in [3.05, 3.63) is 29.8 Å². The molecule has 0 aliphatic heterocycles. The molecule has 1 aromatic rings. The Bertz CT molecular complexity index is 608. The maximum absolute atomic E-state index is 13.1. The van der Waals surface area contributed by atoms with Gasteiger partial charge in [-0.1, -0.05) is 0 Å². The molecule has 8 heteroatoms. The number of carboxylic acid groups (broad SMARTS) is 1. The molecule has 1 atom stereocenters. The van der Waals surface area contributed by atoms with Crippen LogP contribution < -0.4 is 4.72 Å². The van der Waals surface area contributed by atoms with Gasteiger partial charge in [-0.15, -0.1) is 0 Å². The van der Waals surface area contributed by atoms with Crippen LogP contribution in [0, 0.1) is 17.6 Å². The molecule has 0 saturated heterocycles. The fourth-order valence-electron chi connectivity index (χ4n) is 1.94. The molecule has 1 fully saturated rings. The third kappa shape index (κ3) is 3.73. The molecule has 0 spiro atoms. The summed E-state index contributed by atoms with van der Waals surface area (Å²) in [5, 5.41) is 8.76. The lowest BCUT2D eigenvalue weighted by Gasteiger charge is -2.16. The second kappa shape index (κ2) is 5.45. The van der Waals surface area contributed by atoms with E-state index in [4.69, 9.17) is 5.11 Å². The predicted octanol–water partition coefficient (Wildman–Crippen LogP) is 1.50. The Morgan fingerprint density at radius 3 is 2.30 bits per heavy atom. The van der Waals surface area contributed by atoms with Gasteiger partial charge in [0.25, 0.3) is 0 Å². The van der Waals surface area contributed by atoms with E-state index in [-0.39, 0.29) is 12.3 Å². The summed E-state index contributed by atoms with van der Waals surface area (Å²) in [4.78, 5) is 10.2. The fraction of sp³-hybridized carbons (Fsp3) is 0.417. The van der Waals surface area contributed by atoms with Crippen molar-refractivity contribution in [1.82, 2.24) is 4.72 Å². The predicted molar refractivity (Wildman–Crippen MR) is 65.4 cm³/mol. The zero-order chi connectivity index (χ0) is 14.9. The number of benzene rings is 1. The van der Waals surface area contributed by atoms with E-state index in [0.717, 1.165) is 12.8 Å². The van der Waals surface area contributed by atoms with E-state index in [2.05, 4.69) is 4.72 Å². The molecule has 1 saturated carbocycles. The van der Waals surface area contributed by atoms with Crippen LogP contribution >= 0.6 is 0 Å². The van der Waals surface area contributed by atoms with Gasteiger partial charge in [-0.05, 0) is 30.9 Å². The summed E-state index contributed by atoms with van der Waals surface area (Å²) in [5.41, 5.74) is 0. The van der Waals surface area contributed by atoms with Gasteiger partial charge in [0.1, 0.15) is 11.6 Å². The Labute approximate surface area is 114 Å². The summed E-state index contributed by atoms with van der Waals surface area (Å²) in [6.07, 6.45) is 1.11. The quantitative estimate of drug-likeness (QED) is 0.834. The minimum atomic E-state index is -4.15. The van der Waals surface area contributed by atoms with Crippen LogP contribution in [0.2, 0.25) is 0 Å². The lowest BCUT2D eigenvalue weighted by Crippen LogP contribution is -2.38. The first-order chi connectivity index (χ1) is 9.28. The minimum absolute atomic E-state index is 0.0423. The largest absolute Gasteiger partial charge is 0.481 e. The molecule has 5 nitrogen and oxygen atoms in total.